The summed E-state index contributed by atoms with van der Waals surface area (Å²) in [5.74, 6) is -3.01. The molecule has 0 aliphatic heterocycles. The molecular weight excluding hydrogens is 252 g/mol. The van der Waals surface area contributed by atoms with Crippen molar-refractivity contribution in [2.45, 2.75) is 18.9 Å². The third kappa shape index (κ3) is 4.66. The van der Waals surface area contributed by atoms with Gasteiger partial charge in [0.25, 0.3) is 5.91 Å². The first-order valence-corrected chi connectivity index (χ1v) is 5.51. The van der Waals surface area contributed by atoms with Gasteiger partial charge in [-0.2, -0.15) is 0 Å². The monoisotopic (exact) mass is 266 g/mol. The summed E-state index contributed by atoms with van der Waals surface area (Å²) in [5, 5.41) is 19.7. The Hall–Kier alpha value is -2.57. The van der Waals surface area contributed by atoms with Crippen molar-refractivity contribution < 1.29 is 24.6 Å². The summed E-state index contributed by atoms with van der Waals surface area (Å²) in [4.78, 5) is 33.1. The van der Waals surface area contributed by atoms with Crippen LogP contribution in [0.3, 0.4) is 0 Å². The van der Waals surface area contributed by atoms with Gasteiger partial charge in [0.15, 0.2) is 0 Å². The molecule has 19 heavy (non-hydrogen) atoms. The Morgan fingerprint density at radius 3 is 2.47 bits per heavy atom. The fourth-order valence-electron chi connectivity index (χ4n) is 1.45. The molecule has 0 radical (unpaired) electrons. The van der Waals surface area contributed by atoms with Crippen molar-refractivity contribution >= 4 is 23.5 Å². The molecule has 102 valence electrons. The maximum Gasteiger partial charge on any atom is 0.326 e. The van der Waals surface area contributed by atoms with Crippen LogP contribution in [0.4, 0.5) is 5.69 Å². The van der Waals surface area contributed by atoms with Gasteiger partial charge in [0.1, 0.15) is 6.04 Å². The Morgan fingerprint density at radius 1 is 1.26 bits per heavy atom. The van der Waals surface area contributed by atoms with Crippen LogP contribution >= 0.6 is 0 Å². The predicted molar refractivity (Wildman–Crippen MR) is 66.6 cm³/mol. The molecule has 0 saturated carbocycles. The molecule has 0 fully saturated rings. The highest BCUT2D eigenvalue weighted by molar-refractivity contribution is 5.97. The van der Waals surface area contributed by atoms with Gasteiger partial charge in [0, 0.05) is 17.7 Å². The van der Waals surface area contributed by atoms with Crippen molar-refractivity contribution in [3.63, 3.8) is 0 Å². The highest BCUT2D eigenvalue weighted by atomic mass is 16.4. The lowest BCUT2D eigenvalue weighted by molar-refractivity contribution is -0.140. The molecular formula is C12H14N2O5. The normalized spacial score (nSPS) is 11.6. The number of carboxylic acids is 2. The van der Waals surface area contributed by atoms with E-state index in [1.165, 1.54) is 12.1 Å². The summed E-state index contributed by atoms with van der Waals surface area (Å²) < 4.78 is 0. The van der Waals surface area contributed by atoms with Crippen molar-refractivity contribution in [2.75, 3.05) is 5.73 Å². The maximum atomic E-state index is 11.8. The molecule has 0 aromatic heterocycles. The van der Waals surface area contributed by atoms with Crippen LogP contribution < -0.4 is 11.1 Å². The van der Waals surface area contributed by atoms with E-state index in [0.717, 1.165) is 0 Å². The standard InChI is InChI=1S/C12H14N2O5/c13-8-3-1-2-7(6-8)11(17)14-9(12(18)19)4-5-10(15)16/h1-3,6,9H,4-5,13H2,(H,14,17)(H,15,16)(H,18,19)/t9-/m0/s1. The summed E-state index contributed by atoms with van der Waals surface area (Å²) in [6.07, 6.45) is -0.521. The lowest BCUT2D eigenvalue weighted by Gasteiger charge is -2.13. The van der Waals surface area contributed by atoms with Crippen molar-refractivity contribution in [1.29, 1.82) is 0 Å². The van der Waals surface area contributed by atoms with E-state index < -0.39 is 23.9 Å². The summed E-state index contributed by atoms with van der Waals surface area (Å²) >= 11 is 0. The van der Waals surface area contributed by atoms with Gasteiger partial charge >= 0.3 is 11.9 Å². The van der Waals surface area contributed by atoms with Crippen LogP contribution in [0.2, 0.25) is 0 Å². The fraction of sp³-hybridized carbons (Fsp3) is 0.250. The second-order valence-electron chi connectivity index (χ2n) is 3.92. The van der Waals surface area contributed by atoms with Crippen LogP contribution in [0.25, 0.3) is 0 Å². The number of nitrogen functional groups attached to an aromatic ring is 1. The van der Waals surface area contributed by atoms with Crippen molar-refractivity contribution in [3.8, 4) is 0 Å². The lowest BCUT2D eigenvalue weighted by Crippen LogP contribution is -2.41. The van der Waals surface area contributed by atoms with E-state index in [9.17, 15) is 14.4 Å². The van der Waals surface area contributed by atoms with E-state index >= 15 is 0 Å². The van der Waals surface area contributed by atoms with Gasteiger partial charge in [0.05, 0.1) is 0 Å². The first-order chi connectivity index (χ1) is 8.90. The fourth-order valence-corrected chi connectivity index (χ4v) is 1.45. The molecule has 0 spiro atoms. The first-order valence-electron chi connectivity index (χ1n) is 5.51. The SMILES string of the molecule is Nc1cccc(C(=O)N[C@@H](CCC(=O)O)C(=O)O)c1. The quantitative estimate of drug-likeness (QED) is 0.548. The van der Waals surface area contributed by atoms with Gasteiger partial charge in [-0.05, 0) is 24.6 Å². The van der Waals surface area contributed by atoms with E-state index in [4.69, 9.17) is 15.9 Å². The molecule has 1 atom stereocenters. The Labute approximate surface area is 109 Å². The van der Waals surface area contributed by atoms with Gasteiger partial charge in [0.2, 0.25) is 0 Å². The van der Waals surface area contributed by atoms with E-state index in [2.05, 4.69) is 5.32 Å². The second-order valence-corrected chi connectivity index (χ2v) is 3.92. The molecule has 1 aromatic carbocycles. The van der Waals surface area contributed by atoms with E-state index in [1.54, 1.807) is 12.1 Å². The van der Waals surface area contributed by atoms with E-state index in [0.29, 0.717) is 5.69 Å². The van der Waals surface area contributed by atoms with Gasteiger partial charge in [-0.3, -0.25) is 9.59 Å². The van der Waals surface area contributed by atoms with Crippen molar-refractivity contribution in [1.82, 2.24) is 5.32 Å². The zero-order valence-corrected chi connectivity index (χ0v) is 10.00. The molecule has 5 N–H and O–H groups in total. The van der Waals surface area contributed by atoms with Gasteiger partial charge < -0.3 is 21.3 Å². The maximum absolute atomic E-state index is 11.8. The topological polar surface area (TPSA) is 130 Å². The van der Waals surface area contributed by atoms with Crippen LogP contribution in [-0.4, -0.2) is 34.1 Å². The molecule has 0 unspecified atom stereocenters. The van der Waals surface area contributed by atoms with Gasteiger partial charge in [-0.15, -0.1) is 0 Å². The number of aliphatic carboxylic acids is 2. The molecule has 0 saturated heterocycles. The minimum absolute atomic E-state index is 0.182. The number of anilines is 1. The average Bonchev–Trinajstić information content (AvgIpc) is 2.33. The minimum atomic E-state index is -1.28. The van der Waals surface area contributed by atoms with Crippen LogP contribution in [0, 0.1) is 0 Å². The molecule has 7 nitrogen and oxygen atoms in total. The first kappa shape index (κ1) is 14.5. The second kappa shape index (κ2) is 6.39. The predicted octanol–water partition coefficient (Wildman–Crippen LogP) is 0.317. The molecule has 0 bridgehead atoms. The smallest absolute Gasteiger partial charge is 0.326 e. The van der Waals surface area contributed by atoms with Crippen molar-refractivity contribution in [2.24, 2.45) is 0 Å². The Morgan fingerprint density at radius 2 is 1.95 bits per heavy atom. The molecule has 0 heterocycles. The van der Waals surface area contributed by atoms with Gasteiger partial charge in [-0.25, -0.2) is 4.79 Å². The lowest BCUT2D eigenvalue weighted by atomic mass is 10.1. The molecule has 1 rings (SSSR count). The van der Waals surface area contributed by atoms with Crippen LogP contribution in [0.5, 0.6) is 0 Å². The zero-order valence-electron chi connectivity index (χ0n) is 10.00. The number of nitrogens with two attached hydrogens (primary N) is 1. The number of carboxylic acid groups (broad SMARTS) is 2. The summed E-state index contributed by atoms with van der Waals surface area (Å²) in [6, 6.07) is 4.81. The summed E-state index contributed by atoms with van der Waals surface area (Å²) in [5.41, 5.74) is 6.11. The minimum Gasteiger partial charge on any atom is -0.481 e. The van der Waals surface area contributed by atoms with Crippen LogP contribution in [0.1, 0.15) is 23.2 Å². The number of hydrogen-bond acceptors (Lipinski definition) is 4. The number of carbonyl (C=O) groups excluding carboxylic acids is 1. The zero-order chi connectivity index (χ0) is 14.4. The summed E-state index contributed by atoms with van der Waals surface area (Å²) in [7, 11) is 0. The van der Waals surface area contributed by atoms with Crippen LogP contribution in [-0.2, 0) is 9.59 Å². The molecule has 0 aliphatic carbocycles. The number of hydrogen-bond donors (Lipinski definition) is 4. The Kier molecular flexibility index (Phi) is 4.87. The number of carbonyl (C=O) groups is 3. The van der Waals surface area contributed by atoms with E-state index in [1.807, 2.05) is 0 Å². The van der Waals surface area contributed by atoms with Crippen molar-refractivity contribution in [3.05, 3.63) is 29.8 Å². The number of nitrogens with one attached hydrogen (secondary N) is 1. The molecule has 7 heteroatoms. The van der Waals surface area contributed by atoms with E-state index in [-0.39, 0.29) is 18.4 Å². The molecule has 1 amide bonds. The Bertz CT molecular complexity index is 501. The Balaban J connectivity index is 2.71. The summed E-state index contributed by atoms with van der Waals surface area (Å²) in [6.45, 7) is 0. The van der Waals surface area contributed by atoms with Crippen LogP contribution in [0.15, 0.2) is 24.3 Å². The number of rotatable bonds is 6. The highest BCUT2D eigenvalue weighted by Crippen LogP contribution is 2.07. The largest absolute Gasteiger partial charge is 0.481 e. The average molecular weight is 266 g/mol. The highest BCUT2D eigenvalue weighted by Gasteiger charge is 2.21. The number of benzene rings is 1. The molecule has 1 aromatic rings. The van der Waals surface area contributed by atoms with Gasteiger partial charge in [-0.1, -0.05) is 6.07 Å². The third-order valence-corrected chi connectivity index (χ3v) is 2.40. The third-order valence-electron chi connectivity index (χ3n) is 2.40. The number of amides is 1. The molecule has 0 aliphatic rings.